The third-order valence-electron chi connectivity index (χ3n) is 4.68. The van der Waals surface area contributed by atoms with Crippen LogP contribution in [0.3, 0.4) is 0 Å². The van der Waals surface area contributed by atoms with Crippen molar-refractivity contribution in [3.05, 3.63) is 70.3 Å². The molecule has 1 fully saturated rings. The smallest absolute Gasteiger partial charge is 0.257 e. The van der Waals surface area contributed by atoms with Crippen LogP contribution in [0.25, 0.3) is 11.4 Å². The number of rotatable bonds is 3. The molecule has 138 valence electrons. The maximum Gasteiger partial charge on any atom is 0.257 e. The van der Waals surface area contributed by atoms with Gasteiger partial charge < -0.3 is 9.42 Å². The highest BCUT2D eigenvalue weighted by Gasteiger charge is 2.35. The van der Waals surface area contributed by atoms with E-state index in [9.17, 15) is 9.18 Å². The van der Waals surface area contributed by atoms with Crippen LogP contribution in [-0.2, 0) is 0 Å². The van der Waals surface area contributed by atoms with E-state index in [1.54, 1.807) is 4.90 Å². The predicted octanol–water partition coefficient (Wildman–Crippen LogP) is 4.81. The van der Waals surface area contributed by atoms with Crippen LogP contribution >= 0.6 is 11.6 Å². The van der Waals surface area contributed by atoms with Gasteiger partial charge in [-0.2, -0.15) is 4.98 Å². The highest BCUT2D eigenvalue weighted by atomic mass is 35.5. The van der Waals surface area contributed by atoms with E-state index >= 15 is 0 Å². The van der Waals surface area contributed by atoms with Gasteiger partial charge in [0.25, 0.3) is 5.91 Å². The zero-order chi connectivity index (χ0) is 19.0. The third kappa shape index (κ3) is 3.45. The molecule has 0 aliphatic carbocycles. The Kier molecular flexibility index (Phi) is 4.66. The Labute approximate surface area is 160 Å². The van der Waals surface area contributed by atoms with Gasteiger partial charge in [0, 0.05) is 17.1 Å². The first kappa shape index (κ1) is 17.7. The molecule has 2 aromatic carbocycles. The molecule has 27 heavy (non-hydrogen) atoms. The van der Waals surface area contributed by atoms with E-state index in [0.717, 1.165) is 17.5 Å². The lowest BCUT2D eigenvalue weighted by Crippen LogP contribution is -2.31. The zero-order valence-corrected chi connectivity index (χ0v) is 15.4. The predicted molar refractivity (Wildman–Crippen MR) is 98.9 cm³/mol. The molecule has 0 radical (unpaired) electrons. The van der Waals surface area contributed by atoms with E-state index in [2.05, 4.69) is 10.1 Å². The molecule has 1 saturated heterocycles. The van der Waals surface area contributed by atoms with Crippen molar-refractivity contribution in [2.24, 2.45) is 0 Å². The van der Waals surface area contributed by atoms with E-state index < -0.39 is 11.7 Å². The highest BCUT2D eigenvalue weighted by molar-refractivity contribution is 6.31. The number of benzene rings is 2. The van der Waals surface area contributed by atoms with Crippen molar-refractivity contribution in [2.45, 2.75) is 25.8 Å². The van der Waals surface area contributed by atoms with Crippen molar-refractivity contribution < 1.29 is 13.7 Å². The van der Waals surface area contributed by atoms with Gasteiger partial charge in [0.1, 0.15) is 11.9 Å². The monoisotopic (exact) mass is 385 g/mol. The Morgan fingerprint density at radius 2 is 2.15 bits per heavy atom. The fourth-order valence-corrected chi connectivity index (χ4v) is 3.53. The van der Waals surface area contributed by atoms with Gasteiger partial charge in [0.15, 0.2) is 0 Å². The molecular formula is C20H17ClFN3O2. The first-order chi connectivity index (χ1) is 13.0. The maximum absolute atomic E-state index is 14.1. The largest absolute Gasteiger partial charge is 0.337 e. The van der Waals surface area contributed by atoms with Gasteiger partial charge in [-0.3, -0.25) is 4.79 Å². The van der Waals surface area contributed by atoms with Gasteiger partial charge in [-0.15, -0.1) is 0 Å². The lowest BCUT2D eigenvalue weighted by molar-refractivity contribution is 0.0705. The molecule has 1 aromatic heterocycles. The molecule has 0 spiro atoms. The van der Waals surface area contributed by atoms with E-state index in [1.165, 1.54) is 18.2 Å². The summed E-state index contributed by atoms with van der Waals surface area (Å²) in [5.41, 5.74) is 1.89. The number of hydrogen-bond acceptors (Lipinski definition) is 4. The molecule has 1 amide bonds. The minimum atomic E-state index is -0.596. The van der Waals surface area contributed by atoms with Crippen molar-refractivity contribution in [2.75, 3.05) is 6.54 Å². The molecule has 1 aliphatic rings. The Balaban J connectivity index is 1.62. The maximum atomic E-state index is 14.1. The summed E-state index contributed by atoms with van der Waals surface area (Å²) in [6, 6.07) is 11.4. The van der Waals surface area contributed by atoms with Crippen LogP contribution in [0.5, 0.6) is 0 Å². The molecule has 7 heteroatoms. The fraction of sp³-hybridized carbons (Fsp3) is 0.250. The first-order valence-corrected chi connectivity index (χ1v) is 9.07. The Morgan fingerprint density at radius 1 is 1.30 bits per heavy atom. The van der Waals surface area contributed by atoms with E-state index in [4.69, 9.17) is 16.1 Å². The summed E-state index contributed by atoms with van der Waals surface area (Å²) >= 11 is 5.93. The molecule has 1 atom stereocenters. The highest BCUT2D eigenvalue weighted by Crippen LogP contribution is 2.34. The summed E-state index contributed by atoms with van der Waals surface area (Å²) in [7, 11) is 0. The Morgan fingerprint density at radius 3 is 2.96 bits per heavy atom. The Hall–Kier alpha value is -2.73. The molecular weight excluding hydrogens is 369 g/mol. The molecule has 1 aliphatic heterocycles. The van der Waals surface area contributed by atoms with E-state index in [0.29, 0.717) is 29.7 Å². The van der Waals surface area contributed by atoms with Crippen molar-refractivity contribution >= 4 is 17.5 Å². The number of carbonyl (C=O) groups is 1. The number of halogens is 2. The van der Waals surface area contributed by atoms with Gasteiger partial charge in [-0.1, -0.05) is 40.5 Å². The summed E-state index contributed by atoms with van der Waals surface area (Å²) in [6.45, 7) is 2.49. The van der Waals surface area contributed by atoms with Crippen LogP contribution < -0.4 is 0 Å². The number of carbonyl (C=O) groups excluding carboxylic acids is 1. The topological polar surface area (TPSA) is 59.2 Å². The molecule has 5 nitrogen and oxygen atoms in total. The third-order valence-corrected chi connectivity index (χ3v) is 4.91. The van der Waals surface area contributed by atoms with Crippen LogP contribution in [-0.4, -0.2) is 27.5 Å². The molecule has 4 rings (SSSR count). The molecule has 0 unspecified atom stereocenters. The molecule has 3 aromatic rings. The number of aryl methyl sites for hydroxylation is 1. The van der Waals surface area contributed by atoms with Crippen LogP contribution in [0.2, 0.25) is 5.02 Å². The number of hydrogen-bond donors (Lipinski definition) is 0. The average Bonchev–Trinajstić information content (AvgIpc) is 3.32. The Bertz CT molecular complexity index is 1000. The molecule has 0 N–H and O–H groups in total. The van der Waals surface area contributed by atoms with E-state index in [-0.39, 0.29) is 11.6 Å². The summed E-state index contributed by atoms with van der Waals surface area (Å²) in [4.78, 5) is 18.9. The second-order valence-corrected chi connectivity index (χ2v) is 7.04. The molecule has 0 bridgehead atoms. The first-order valence-electron chi connectivity index (χ1n) is 8.69. The van der Waals surface area contributed by atoms with Gasteiger partial charge in [0.05, 0.1) is 5.56 Å². The van der Waals surface area contributed by atoms with Crippen LogP contribution in [0, 0.1) is 12.7 Å². The second kappa shape index (κ2) is 7.12. The average molecular weight is 386 g/mol. The van der Waals surface area contributed by atoms with Crippen molar-refractivity contribution in [3.8, 4) is 11.4 Å². The van der Waals surface area contributed by atoms with Crippen LogP contribution in [0.15, 0.2) is 47.0 Å². The number of aromatic nitrogens is 2. The number of likely N-dealkylation sites (tertiary alicyclic amines) is 1. The lowest BCUT2D eigenvalue weighted by atomic mass is 10.1. The number of nitrogens with zero attached hydrogens (tertiary/aromatic N) is 3. The van der Waals surface area contributed by atoms with Gasteiger partial charge in [-0.25, -0.2) is 4.39 Å². The van der Waals surface area contributed by atoms with Crippen LogP contribution in [0.4, 0.5) is 4.39 Å². The number of amides is 1. The summed E-state index contributed by atoms with van der Waals surface area (Å²) in [6.07, 6.45) is 1.46. The SMILES string of the molecule is Cc1cccc(-c2noc([C@@H]3CCCN3C(=O)c3cc(Cl)ccc3F)n2)c1. The second-order valence-electron chi connectivity index (χ2n) is 6.61. The van der Waals surface area contributed by atoms with Crippen LogP contribution in [0.1, 0.15) is 40.7 Å². The lowest BCUT2D eigenvalue weighted by Gasteiger charge is -2.22. The van der Waals surface area contributed by atoms with Crippen molar-refractivity contribution in [1.29, 1.82) is 0 Å². The minimum absolute atomic E-state index is 0.0483. The quantitative estimate of drug-likeness (QED) is 0.648. The summed E-state index contributed by atoms with van der Waals surface area (Å²) < 4.78 is 19.5. The zero-order valence-electron chi connectivity index (χ0n) is 14.7. The van der Waals surface area contributed by atoms with Crippen molar-refractivity contribution in [3.63, 3.8) is 0 Å². The fourth-order valence-electron chi connectivity index (χ4n) is 3.35. The molecule has 0 saturated carbocycles. The molecule has 2 heterocycles. The van der Waals surface area contributed by atoms with E-state index in [1.807, 2.05) is 31.2 Å². The normalized spacial score (nSPS) is 16.7. The van der Waals surface area contributed by atoms with Crippen molar-refractivity contribution in [1.82, 2.24) is 15.0 Å². The minimum Gasteiger partial charge on any atom is -0.337 e. The summed E-state index contributed by atoms with van der Waals surface area (Å²) in [5.74, 6) is -0.185. The van der Waals surface area contributed by atoms with Gasteiger partial charge in [-0.05, 0) is 44.0 Å². The summed E-state index contributed by atoms with van der Waals surface area (Å²) in [5, 5.41) is 4.37. The standard InChI is InChI=1S/C20H17ClFN3O2/c1-12-4-2-5-13(10-12)18-23-19(27-24-18)17-6-3-9-25(17)20(26)15-11-14(21)7-8-16(15)22/h2,4-5,7-8,10-11,17H,3,6,9H2,1H3/t17-/m0/s1. The van der Waals surface area contributed by atoms with Gasteiger partial charge in [0.2, 0.25) is 11.7 Å². The van der Waals surface area contributed by atoms with Gasteiger partial charge >= 0.3 is 0 Å².